The topological polar surface area (TPSA) is 29.9 Å². The van der Waals surface area contributed by atoms with Crippen molar-refractivity contribution in [1.29, 1.82) is 0 Å². The predicted octanol–water partition coefficient (Wildman–Crippen LogP) is 3.32. The van der Waals surface area contributed by atoms with Crippen LogP contribution in [-0.4, -0.2) is 16.3 Å². The van der Waals surface area contributed by atoms with E-state index in [9.17, 15) is 0 Å². The summed E-state index contributed by atoms with van der Waals surface area (Å²) in [5, 5.41) is 7.90. The molecule has 18 heavy (non-hydrogen) atoms. The number of aryl methyl sites for hydroxylation is 1. The number of nitrogens with zero attached hydrogens (tertiary/aromatic N) is 2. The van der Waals surface area contributed by atoms with E-state index in [1.807, 2.05) is 10.9 Å². The minimum absolute atomic E-state index is 0.993. The second kappa shape index (κ2) is 4.84. The van der Waals surface area contributed by atoms with Gasteiger partial charge in [0.2, 0.25) is 0 Å². The van der Waals surface area contributed by atoms with Gasteiger partial charge in [-0.3, -0.25) is 4.68 Å². The molecule has 0 fully saturated rings. The monoisotopic (exact) mass is 241 g/mol. The third kappa shape index (κ3) is 2.01. The minimum Gasteiger partial charge on any atom is -0.385 e. The molecule has 2 aromatic rings. The van der Waals surface area contributed by atoms with E-state index >= 15 is 0 Å². The van der Waals surface area contributed by atoms with E-state index in [-0.39, 0.29) is 0 Å². The van der Waals surface area contributed by atoms with Gasteiger partial charge in [-0.2, -0.15) is 5.10 Å². The van der Waals surface area contributed by atoms with E-state index in [1.54, 1.807) is 0 Å². The van der Waals surface area contributed by atoms with E-state index in [2.05, 4.69) is 41.7 Å². The molecule has 1 aromatic heterocycles. The molecule has 94 valence electrons. The van der Waals surface area contributed by atoms with Gasteiger partial charge in [0.05, 0.1) is 6.20 Å². The first kappa shape index (κ1) is 11.3. The van der Waals surface area contributed by atoms with Crippen LogP contribution in [0.3, 0.4) is 0 Å². The van der Waals surface area contributed by atoms with Crippen LogP contribution in [0.2, 0.25) is 0 Å². The Morgan fingerprint density at radius 3 is 3.22 bits per heavy atom. The van der Waals surface area contributed by atoms with Gasteiger partial charge in [0.25, 0.3) is 0 Å². The van der Waals surface area contributed by atoms with Crippen molar-refractivity contribution in [2.45, 2.75) is 32.7 Å². The molecule has 2 heterocycles. The molecular formula is C15H19N3. The number of hydrogen-bond acceptors (Lipinski definition) is 2. The zero-order valence-corrected chi connectivity index (χ0v) is 10.8. The van der Waals surface area contributed by atoms with Gasteiger partial charge < -0.3 is 5.32 Å². The summed E-state index contributed by atoms with van der Waals surface area (Å²) < 4.78 is 2.03. The van der Waals surface area contributed by atoms with Crippen molar-refractivity contribution in [3.63, 3.8) is 0 Å². The molecule has 0 aliphatic carbocycles. The SMILES string of the molecule is CCCn1cc(-c2cccc3c2CCCN3)cn1. The van der Waals surface area contributed by atoms with E-state index in [4.69, 9.17) is 0 Å². The number of aromatic nitrogens is 2. The van der Waals surface area contributed by atoms with Crippen LogP contribution in [0.5, 0.6) is 0 Å². The molecule has 0 saturated heterocycles. The van der Waals surface area contributed by atoms with E-state index in [1.165, 1.54) is 28.8 Å². The van der Waals surface area contributed by atoms with Gasteiger partial charge in [0, 0.05) is 30.5 Å². The van der Waals surface area contributed by atoms with Crippen LogP contribution in [0.1, 0.15) is 25.3 Å². The Labute approximate surface area is 108 Å². The Hall–Kier alpha value is -1.77. The molecule has 0 spiro atoms. The van der Waals surface area contributed by atoms with Crippen molar-refractivity contribution in [3.8, 4) is 11.1 Å². The van der Waals surface area contributed by atoms with Crippen molar-refractivity contribution in [2.75, 3.05) is 11.9 Å². The fraction of sp³-hybridized carbons (Fsp3) is 0.400. The lowest BCUT2D eigenvalue weighted by Gasteiger charge is -2.20. The first-order valence-corrected chi connectivity index (χ1v) is 6.77. The Morgan fingerprint density at radius 1 is 1.39 bits per heavy atom. The van der Waals surface area contributed by atoms with Gasteiger partial charge in [-0.15, -0.1) is 0 Å². The molecule has 0 radical (unpaired) electrons. The van der Waals surface area contributed by atoms with Gasteiger partial charge >= 0.3 is 0 Å². The molecule has 3 nitrogen and oxygen atoms in total. The summed E-state index contributed by atoms with van der Waals surface area (Å²) in [6.07, 6.45) is 7.65. The number of hydrogen-bond donors (Lipinski definition) is 1. The molecule has 1 aliphatic rings. The number of benzene rings is 1. The molecule has 0 amide bonds. The summed E-state index contributed by atoms with van der Waals surface area (Å²) in [7, 11) is 0. The maximum atomic E-state index is 4.43. The minimum atomic E-state index is 0.993. The number of fused-ring (bicyclic) bond motifs is 1. The quantitative estimate of drug-likeness (QED) is 0.893. The van der Waals surface area contributed by atoms with Crippen LogP contribution in [0.4, 0.5) is 5.69 Å². The summed E-state index contributed by atoms with van der Waals surface area (Å²) >= 11 is 0. The molecule has 1 aromatic carbocycles. The van der Waals surface area contributed by atoms with Crippen LogP contribution >= 0.6 is 0 Å². The Kier molecular flexibility index (Phi) is 3.05. The average Bonchev–Trinajstić information content (AvgIpc) is 2.87. The lowest BCUT2D eigenvalue weighted by atomic mass is 9.95. The first-order valence-electron chi connectivity index (χ1n) is 6.77. The summed E-state index contributed by atoms with van der Waals surface area (Å²) in [5.74, 6) is 0. The van der Waals surface area contributed by atoms with Gasteiger partial charge in [-0.25, -0.2) is 0 Å². The van der Waals surface area contributed by atoms with Crippen LogP contribution in [0, 0.1) is 0 Å². The van der Waals surface area contributed by atoms with Gasteiger partial charge in [-0.1, -0.05) is 19.1 Å². The van der Waals surface area contributed by atoms with Crippen molar-refractivity contribution < 1.29 is 0 Å². The van der Waals surface area contributed by atoms with Gasteiger partial charge in [-0.05, 0) is 36.5 Å². The third-order valence-corrected chi connectivity index (χ3v) is 3.49. The van der Waals surface area contributed by atoms with Crippen LogP contribution in [-0.2, 0) is 13.0 Å². The van der Waals surface area contributed by atoms with Crippen LogP contribution in [0.15, 0.2) is 30.6 Å². The third-order valence-electron chi connectivity index (χ3n) is 3.49. The van der Waals surface area contributed by atoms with Crippen molar-refractivity contribution in [2.24, 2.45) is 0 Å². The first-order chi connectivity index (χ1) is 8.88. The maximum absolute atomic E-state index is 4.43. The largest absolute Gasteiger partial charge is 0.385 e. The average molecular weight is 241 g/mol. The molecular weight excluding hydrogens is 222 g/mol. The van der Waals surface area contributed by atoms with Gasteiger partial charge in [0.15, 0.2) is 0 Å². The van der Waals surface area contributed by atoms with E-state index < -0.39 is 0 Å². The Bertz CT molecular complexity index is 542. The molecule has 0 atom stereocenters. The lowest BCUT2D eigenvalue weighted by Crippen LogP contribution is -2.12. The van der Waals surface area contributed by atoms with Crippen LogP contribution in [0.25, 0.3) is 11.1 Å². The highest BCUT2D eigenvalue weighted by Crippen LogP contribution is 2.32. The zero-order chi connectivity index (χ0) is 12.4. The number of nitrogens with one attached hydrogen (secondary N) is 1. The van der Waals surface area contributed by atoms with Crippen molar-refractivity contribution in [3.05, 3.63) is 36.2 Å². The summed E-state index contributed by atoms with van der Waals surface area (Å²) in [6.45, 7) is 4.26. The number of anilines is 1. The molecule has 3 heteroatoms. The molecule has 1 N–H and O–H groups in total. The highest BCUT2D eigenvalue weighted by Gasteiger charge is 2.14. The molecule has 0 unspecified atom stereocenters. The normalized spacial score (nSPS) is 14.1. The second-order valence-corrected chi connectivity index (χ2v) is 4.85. The number of rotatable bonds is 3. The fourth-order valence-electron chi connectivity index (χ4n) is 2.63. The molecule has 0 saturated carbocycles. The highest BCUT2D eigenvalue weighted by atomic mass is 15.3. The Morgan fingerprint density at radius 2 is 2.33 bits per heavy atom. The smallest absolute Gasteiger partial charge is 0.0568 e. The molecule has 0 bridgehead atoms. The molecule has 1 aliphatic heterocycles. The zero-order valence-electron chi connectivity index (χ0n) is 10.8. The highest BCUT2D eigenvalue weighted by molar-refractivity contribution is 5.74. The maximum Gasteiger partial charge on any atom is 0.0568 e. The summed E-state index contributed by atoms with van der Waals surface area (Å²) in [5.41, 5.74) is 5.31. The van der Waals surface area contributed by atoms with Crippen molar-refractivity contribution >= 4 is 5.69 Å². The van der Waals surface area contributed by atoms with E-state index in [0.29, 0.717) is 0 Å². The van der Waals surface area contributed by atoms with E-state index in [0.717, 1.165) is 25.9 Å². The van der Waals surface area contributed by atoms with Gasteiger partial charge in [0.1, 0.15) is 0 Å². The predicted molar refractivity (Wildman–Crippen MR) is 74.8 cm³/mol. The lowest BCUT2D eigenvalue weighted by molar-refractivity contribution is 0.603. The summed E-state index contributed by atoms with van der Waals surface area (Å²) in [4.78, 5) is 0. The standard InChI is InChI=1S/C15H19N3/c1-2-9-18-11-12(10-17-18)13-5-3-7-15-14(13)6-4-8-16-15/h3,5,7,10-11,16H,2,4,6,8-9H2,1H3. The fourth-order valence-corrected chi connectivity index (χ4v) is 2.63. The Balaban J connectivity index is 2.00. The second-order valence-electron chi connectivity index (χ2n) is 4.85. The van der Waals surface area contributed by atoms with Crippen molar-refractivity contribution in [1.82, 2.24) is 9.78 Å². The van der Waals surface area contributed by atoms with Crippen LogP contribution < -0.4 is 5.32 Å². The molecule has 3 rings (SSSR count). The summed E-state index contributed by atoms with van der Waals surface area (Å²) in [6, 6.07) is 6.51.